The molecule has 1 atom stereocenters. The van der Waals surface area contributed by atoms with Gasteiger partial charge in [0.25, 0.3) is 0 Å². The number of halogens is 1. The summed E-state index contributed by atoms with van der Waals surface area (Å²) < 4.78 is 2.21. The van der Waals surface area contributed by atoms with Gasteiger partial charge in [-0.1, -0.05) is 68.3 Å². The van der Waals surface area contributed by atoms with E-state index in [-0.39, 0.29) is 0 Å². The average molecular weight is 425 g/mol. The predicted octanol–water partition coefficient (Wildman–Crippen LogP) is 6.59. The molecule has 0 radical (unpaired) electrons. The standard InChI is InChI=1S/C23H25ClN4S/c1-3-4-7-17(2)15-28-22(18-10-12-21(24)13-11-18)26-27-23(28)29-16-20-9-6-5-8-19(20)14-25/h5-6,8-13,17H,3-4,7,15-16H2,1-2H3/t17-/m1/s1. The molecule has 0 bridgehead atoms. The first-order valence-electron chi connectivity index (χ1n) is 9.92. The van der Waals surface area contributed by atoms with E-state index in [0.29, 0.717) is 22.3 Å². The Kier molecular flexibility index (Phi) is 7.74. The summed E-state index contributed by atoms with van der Waals surface area (Å²) in [7, 11) is 0. The lowest BCUT2D eigenvalue weighted by Gasteiger charge is -2.16. The van der Waals surface area contributed by atoms with Crippen LogP contribution in [0.2, 0.25) is 5.02 Å². The fourth-order valence-electron chi connectivity index (χ4n) is 3.23. The molecule has 0 aliphatic rings. The van der Waals surface area contributed by atoms with E-state index >= 15 is 0 Å². The molecule has 2 aromatic carbocycles. The zero-order valence-electron chi connectivity index (χ0n) is 16.8. The molecule has 3 rings (SSSR count). The normalized spacial score (nSPS) is 11.9. The zero-order valence-corrected chi connectivity index (χ0v) is 18.4. The Balaban J connectivity index is 1.87. The Hall–Kier alpha value is -2.29. The second kappa shape index (κ2) is 10.5. The van der Waals surface area contributed by atoms with Crippen LogP contribution in [0.1, 0.15) is 44.2 Å². The maximum Gasteiger partial charge on any atom is 0.191 e. The molecule has 4 nitrogen and oxygen atoms in total. The predicted molar refractivity (Wildman–Crippen MR) is 120 cm³/mol. The fraction of sp³-hybridized carbons (Fsp3) is 0.348. The van der Waals surface area contributed by atoms with Crippen LogP contribution < -0.4 is 0 Å². The van der Waals surface area contributed by atoms with Crippen molar-refractivity contribution in [2.75, 3.05) is 0 Å². The number of nitriles is 1. The summed E-state index contributed by atoms with van der Waals surface area (Å²) >= 11 is 7.68. The minimum atomic E-state index is 0.530. The molecule has 1 aromatic heterocycles. The Labute approximate surface area is 181 Å². The van der Waals surface area contributed by atoms with Crippen molar-refractivity contribution in [3.63, 3.8) is 0 Å². The third-order valence-electron chi connectivity index (χ3n) is 4.86. The lowest BCUT2D eigenvalue weighted by Crippen LogP contribution is -2.10. The molecule has 6 heteroatoms. The zero-order chi connectivity index (χ0) is 20.6. The first kappa shape index (κ1) is 21.4. The molecule has 150 valence electrons. The van der Waals surface area contributed by atoms with Crippen molar-refractivity contribution in [3.05, 3.63) is 64.7 Å². The van der Waals surface area contributed by atoms with E-state index in [2.05, 4.69) is 34.7 Å². The van der Waals surface area contributed by atoms with Crippen LogP contribution in [0, 0.1) is 17.2 Å². The second-order valence-corrected chi connectivity index (χ2v) is 8.61. The van der Waals surface area contributed by atoms with E-state index in [4.69, 9.17) is 11.6 Å². The number of hydrogen-bond donors (Lipinski definition) is 0. The van der Waals surface area contributed by atoms with Crippen LogP contribution in [0.5, 0.6) is 0 Å². The van der Waals surface area contributed by atoms with Gasteiger partial charge in [0.1, 0.15) is 0 Å². The summed E-state index contributed by atoms with van der Waals surface area (Å²) in [5.74, 6) is 2.08. The Morgan fingerprint density at radius 1 is 1.14 bits per heavy atom. The van der Waals surface area contributed by atoms with Crippen molar-refractivity contribution < 1.29 is 0 Å². The van der Waals surface area contributed by atoms with Crippen molar-refractivity contribution in [2.24, 2.45) is 5.92 Å². The van der Waals surface area contributed by atoms with Gasteiger partial charge in [0.2, 0.25) is 0 Å². The number of nitrogens with zero attached hydrogens (tertiary/aromatic N) is 4. The number of thioether (sulfide) groups is 1. The summed E-state index contributed by atoms with van der Waals surface area (Å²) in [4.78, 5) is 0. The van der Waals surface area contributed by atoms with Gasteiger partial charge in [0.15, 0.2) is 11.0 Å². The van der Waals surface area contributed by atoms with Crippen molar-refractivity contribution in [1.82, 2.24) is 14.8 Å². The van der Waals surface area contributed by atoms with E-state index in [1.54, 1.807) is 11.8 Å². The van der Waals surface area contributed by atoms with E-state index in [9.17, 15) is 5.26 Å². The molecule has 29 heavy (non-hydrogen) atoms. The summed E-state index contributed by atoms with van der Waals surface area (Å²) in [6.45, 7) is 5.37. The lowest BCUT2D eigenvalue weighted by atomic mass is 10.0. The van der Waals surface area contributed by atoms with Gasteiger partial charge < -0.3 is 4.57 Å². The highest BCUT2D eigenvalue weighted by atomic mass is 35.5. The van der Waals surface area contributed by atoms with Gasteiger partial charge >= 0.3 is 0 Å². The molecule has 3 aromatic rings. The summed E-state index contributed by atoms with van der Waals surface area (Å²) in [5.41, 5.74) is 2.73. The smallest absolute Gasteiger partial charge is 0.191 e. The number of benzene rings is 2. The van der Waals surface area contributed by atoms with Crippen LogP contribution in [-0.4, -0.2) is 14.8 Å². The van der Waals surface area contributed by atoms with E-state index in [0.717, 1.165) is 28.7 Å². The lowest BCUT2D eigenvalue weighted by molar-refractivity contribution is 0.421. The molecular formula is C23H25ClN4S. The third-order valence-corrected chi connectivity index (χ3v) is 6.13. The van der Waals surface area contributed by atoms with Gasteiger partial charge in [-0.15, -0.1) is 10.2 Å². The monoisotopic (exact) mass is 424 g/mol. The molecule has 0 aliphatic heterocycles. The Bertz CT molecular complexity index is 975. The summed E-state index contributed by atoms with van der Waals surface area (Å²) in [5, 5.41) is 19.9. The third kappa shape index (κ3) is 5.62. The van der Waals surface area contributed by atoms with Crippen LogP contribution >= 0.6 is 23.4 Å². The maximum atomic E-state index is 9.34. The molecule has 0 N–H and O–H groups in total. The topological polar surface area (TPSA) is 54.5 Å². The average Bonchev–Trinajstić information content (AvgIpc) is 3.13. The fourth-order valence-corrected chi connectivity index (χ4v) is 4.30. The highest BCUT2D eigenvalue weighted by Gasteiger charge is 2.17. The second-order valence-electron chi connectivity index (χ2n) is 7.23. The van der Waals surface area contributed by atoms with Gasteiger partial charge in [0.05, 0.1) is 11.6 Å². The number of aromatic nitrogens is 3. The maximum absolute atomic E-state index is 9.34. The van der Waals surface area contributed by atoms with E-state index in [1.807, 2.05) is 48.5 Å². The molecule has 0 spiro atoms. The number of rotatable bonds is 9. The Morgan fingerprint density at radius 2 is 1.90 bits per heavy atom. The van der Waals surface area contributed by atoms with Crippen molar-refractivity contribution in [1.29, 1.82) is 5.26 Å². The molecular weight excluding hydrogens is 400 g/mol. The number of unbranched alkanes of at least 4 members (excludes halogenated alkanes) is 1. The van der Waals surface area contributed by atoms with Gasteiger partial charge in [-0.2, -0.15) is 5.26 Å². The highest BCUT2D eigenvalue weighted by molar-refractivity contribution is 7.98. The van der Waals surface area contributed by atoms with E-state index < -0.39 is 0 Å². The van der Waals surface area contributed by atoms with Crippen LogP contribution in [0.4, 0.5) is 0 Å². The van der Waals surface area contributed by atoms with E-state index in [1.165, 1.54) is 19.3 Å². The van der Waals surface area contributed by atoms with Crippen molar-refractivity contribution >= 4 is 23.4 Å². The molecule has 0 fully saturated rings. The number of hydrogen-bond acceptors (Lipinski definition) is 4. The summed E-state index contributed by atoms with van der Waals surface area (Å²) in [6.07, 6.45) is 3.59. The SMILES string of the molecule is CCCC[C@@H](C)Cn1c(SCc2ccccc2C#N)nnc1-c1ccc(Cl)cc1. The molecule has 1 heterocycles. The van der Waals surface area contributed by atoms with Gasteiger partial charge in [-0.25, -0.2) is 0 Å². The van der Waals surface area contributed by atoms with Gasteiger partial charge in [-0.05, 0) is 48.2 Å². The molecule has 0 unspecified atom stereocenters. The molecule has 0 aliphatic carbocycles. The largest absolute Gasteiger partial charge is 0.302 e. The van der Waals surface area contributed by atoms with Crippen LogP contribution in [0.15, 0.2) is 53.7 Å². The highest BCUT2D eigenvalue weighted by Crippen LogP contribution is 2.29. The minimum Gasteiger partial charge on any atom is -0.302 e. The first-order chi connectivity index (χ1) is 14.1. The molecule has 0 saturated carbocycles. The minimum absolute atomic E-state index is 0.530. The van der Waals surface area contributed by atoms with Crippen LogP contribution in [-0.2, 0) is 12.3 Å². The van der Waals surface area contributed by atoms with Crippen molar-refractivity contribution in [3.8, 4) is 17.5 Å². The van der Waals surface area contributed by atoms with Crippen LogP contribution in [0.25, 0.3) is 11.4 Å². The first-order valence-corrected chi connectivity index (χ1v) is 11.3. The Morgan fingerprint density at radius 3 is 2.62 bits per heavy atom. The van der Waals surface area contributed by atoms with Crippen LogP contribution in [0.3, 0.4) is 0 Å². The quantitative estimate of drug-likeness (QED) is 0.363. The van der Waals surface area contributed by atoms with Crippen molar-refractivity contribution in [2.45, 2.75) is 50.6 Å². The van der Waals surface area contributed by atoms with Gasteiger partial charge in [-0.3, -0.25) is 0 Å². The molecule has 0 saturated heterocycles. The molecule has 0 amide bonds. The van der Waals surface area contributed by atoms with Gasteiger partial charge in [0, 0.05) is 22.9 Å². The summed E-state index contributed by atoms with van der Waals surface area (Å²) in [6, 6.07) is 17.7.